The summed E-state index contributed by atoms with van der Waals surface area (Å²) in [5.41, 5.74) is 0.933. The molecule has 1 aromatic rings. The molecule has 0 aliphatic carbocycles. The second kappa shape index (κ2) is 3.68. The largest absolute Gasteiger partial charge is 0.472 e. The summed E-state index contributed by atoms with van der Waals surface area (Å²) in [6.07, 6.45) is 8.83. The van der Waals surface area contributed by atoms with Crippen molar-refractivity contribution in [2.45, 2.75) is 25.9 Å². The topological polar surface area (TPSA) is 16.4 Å². The smallest absolute Gasteiger partial charge is 0.0947 e. The average Bonchev–Trinajstić information content (AvgIpc) is 2.57. The Bertz CT molecular complexity index is 292. The third-order valence-corrected chi connectivity index (χ3v) is 2.31. The maximum absolute atomic E-state index is 5.42. The SMILES string of the molecule is C#CC(C)(C)N(C)Cc1ccoc1. The second-order valence-corrected chi connectivity index (χ2v) is 3.69. The summed E-state index contributed by atoms with van der Waals surface area (Å²) in [6, 6.07) is 1.95. The van der Waals surface area contributed by atoms with E-state index in [2.05, 4.69) is 10.8 Å². The first-order chi connectivity index (χ1) is 6.06. The van der Waals surface area contributed by atoms with Crippen molar-refractivity contribution in [3.8, 4) is 12.3 Å². The maximum atomic E-state index is 5.42. The van der Waals surface area contributed by atoms with Gasteiger partial charge in [-0.2, -0.15) is 0 Å². The lowest BCUT2D eigenvalue weighted by atomic mass is 10.0. The van der Waals surface area contributed by atoms with Gasteiger partial charge in [-0.25, -0.2) is 0 Å². The summed E-state index contributed by atoms with van der Waals surface area (Å²) in [4.78, 5) is 2.11. The lowest BCUT2D eigenvalue weighted by Crippen LogP contribution is -2.38. The third kappa shape index (κ3) is 2.37. The van der Waals surface area contributed by atoms with E-state index >= 15 is 0 Å². The molecule has 2 heteroatoms. The van der Waals surface area contributed by atoms with E-state index in [9.17, 15) is 0 Å². The fourth-order valence-corrected chi connectivity index (χ4v) is 0.964. The zero-order valence-electron chi connectivity index (χ0n) is 8.37. The molecule has 13 heavy (non-hydrogen) atoms. The van der Waals surface area contributed by atoms with E-state index in [1.807, 2.05) is 27.0 Å². The average molecular weight is 177 g/mol. The van der Waals surface area contributed by atoms with E-state index < -0.39 is 0 Å². The van der Waals surface area contributed by atoms with E-state index in [1.165, 1.54) is 0 Å². The van der Waals surface area contributed by atoms with Crippen LogP contribution in [0.25, 0.3) is 0 Å². The zero-order chi connectivity index (χ0) is 9.90. The molecule has 0 unspecified atom stereocenters. The molecule has 1 aromatic heterocycles. The first-order valence-electron chi connectivity index (χ1n) is 4.26. The lowest BCUT2D eigenvalue weighted by Gasteiger charge is -2.30. The molecule has 1 rings (SSSR count). The van der Waals surface area contributed by atoms with Crippen molar-refractivity contribution in [3.05, 3.63) is 24.2 Å². The Kier molecular flexibility index (Phi) is 2.79. The predicted octanol–water partition coefficient (Wildman–Crippen LogP) is 2.12. The molecule has 0 amide bonds. The van der Waals surface area contributed by atoms with E-state index in [1.54, 1.807) is 12.5 Å². The Labute approximate surface area is 79.5 Å². The molecule has 70 valence electrons. The highest BCUT2D eigenvalue weighted by molar-refractivity contribution is 5.11. The third-order valence-electron chi connectivity index (χ3n) is 2.31. The van der Waals surface area contributed by atoms with Crippen LogP contribution in [0.4, 0.5) is 0 Å². The van der Waals surface area contributed by atoms with Gasteiger partial charge in [-0.1, -0.05) is 5.92 Å². The van der Waals surface area contributed by atoms with Crippen LogP contribution in [0.3, 0.4) is 0 Å². The summed E-state index contributed by atoms with van der Waals surface area (Å²) in [5.74, 6) is 2.75. The van der Waals surface area contributed by atoms with Crippen LogP contribution in [0.15, 0.2) is 23.0 Å². The number of hydrogen-bond donors (Lipinski definition) is 0. The fraction of sp³-hybridized carbons (Fsp3) is 0.455. The standard InChI is InChI=1S/C11H15NO/c1-5-11(2,3)12(4)8-10-6-7-13-9-10/h1,6-7,9H,8H2,2-4H3. The first kappa shape index (κ1) is 9.88. The van der Waals surface area contributed by atoms with Crippen LogP contribution in [0.2, 0.25) is 0 Å². The van der Waals surface area contributed by atoms with Crippen LogP contribution in [-0.2, 0) is 6.54 Å². The summed E-state index contributed by atoms with van der Waals surface area (Å²) in [5, 5.41) is 0. The summed E-state index contributed by atoms with van der Waals surface area (Å²) in [7, 11) is 2.01. The van der Waals surface area contributed by atoms with Crippen LogP contribution < -0.4 is 0 Å². The van der Waals surface area contributed by atoms with Crippen molar-refractivity contribution in [2.24, 2.45) is 0 Å². The molecule has 2 nitrogen and oxygen atoms in total. The Hall–Kier alpha value is -1.20. The Balaban J connectivity index is 2.62. The lowest BCUT2D eigenvalue weighted by molar-refractivity contribution is 0.205. The van der Waals surface area contributed by atoms with Crippen LogP contribution in [0.1, 0.15) is 19.4 Å². The van der Waals surface area contributed by atoms with Crippen LogP contribution >= 0.6 is 0 Å². The van der Waals surface area contributed by atoms with Gasteiger partial charge in [-0.15, -0.1) is 6.42 Å². The molecule has 0 spiro atoms. The van der Waals surface area contributed by atoms with Crippen molar-refractivity contribution < 1.29 is 4.42 Å². The van der Waals surface area contributed by atoms with Gasteiger partial charge < -0.3 is 4.42 Å². The quantitative estimate of drug-likeness (QED) is 0.657. The second-order valence-electron chi connectivity index (χ2n) is 3.69. The molecular weight excluding hydrogens is 162 g/mol. The summed E-state index contributed by atoms with van der Waals surface area (Å²) in [6.45, 7) is 4.86. The van der Waals surface area contributed by atoms with Crippen LogP contribution in [-0.4, -0.2) is 17.5 Å². The molecular formula is C11H15NO. The predicted molar refractivity (Wildman–Crippen MR) is 53.1 cm³/mol. The Morgan fingerprint density at radius 1 is 1.62 bits per heavy atom. The monoisotopic (exact) mass is 177 g/mol. The fourth-order valence-electron chi connectivity index (χ4n) is 0.964. The Morgan fingerprint density at radius 3 is 2.77 bits per heavy atom. The van der Waals surface area contributed by atoms with Gasteiger partial charge in [0.25, 0.3) is 0 Å². The number of rotatable bonds is 3. The molecule has 0 fully saturated rings. The zero-order valence-corrected chi connectivity index (χ0v) is 8.37. The van der Waals surface area contributed by atoms with Gasteiger partial charge in [0.15, 0.2) is 0 Å². The molecule has 0 saturated heterocycles. The van der Waals surface area contributed by atoms with Gasteiger partial charge in [-0.05, 0) is 27.0 Å². The van der Waals surface area contributed by atoms with Gasteiger partial charge in [0.1, 0.15) is 0 Å². The van der Waals surface area contributed by atoms with Crippen molar-refractivity contribution in [2.75, 3.05) is 7.05 Å². The number of nitrogens with zero attached hydrogens (tertiary/aromatic N) is 1. The van der Waals surface area contributed by atoms with Gasteiger partial charge >= 0.3 is 0 Å². The summed E-state index contributed by atoms with van der Waals surface area (Å²) >= 11 is 0. The van der Waals surface area contributed by atoms with Crippen molar-refractivity contribution in [1.82, 2.24) is 4.90 Å². The van der Waals surface area contributed by atoms with Crippen LogP contribution in [0, 0.1) is 12.3 Å². The minimum absolute atomic E-state index is 0.211. The normalized spacial score (nSPS) is 11.6. The Morgan fingerprint density at radius 2 is 2.31 bits per heavy atom. The first-order valence-corrected chi connectivity index (χ1v) is 4.26. The van der Waals surface area contributed by atoms with Gasteiger partial charge in [0.05, 0.1) is 18.1 Å². The molecule has 0 aliphatic heterocycles. The molecule has 0 N–H and O–H groups in total. The van der Waals surface area contributed by atoms with E-state index in [-0.39, 0.29) is 5.54 Å². The van der Waals surface area contributed by atoms with Crippen LogP contribution in [0.5, 0.6) is 0 Å². The highest BCUT2D eigenvalue weighted by Gasteiger charge is 2.20. The minimum atomic E-state index is -0.211. The minimum Gasteiger partial charge on any atom is -0.472 e. The van der Waals surface area contributed by atoms with Gasteiger partial charge in [0, 0.05) is 12.1 Å². The number of hydrogen-bond acceptors (Lipinski definition) is 2. The van der Waals surface area contributed by atoms with Gasteiger partial charge in [0.2, 0.25) is 0 Å². The summed E-state index contributed by atoms with van der Waals surface area (Å²) < 4.78 is 4.98. The van der Waals surface area contributed by atoms with Crippen molar-refractivity contribution in [3.63, 3.8) is 0 Å². The number of terminal acetylenes is 1. The molecule has 0 saturated carbocycles. The molecule has 1 heterocycles. The number of furan rings is 1. The molecule has 0 aliphatic rings. The highest BCUT2D eigenvalue weighted by Crippen LogP contribution is 2.14. The molecule has 0 radical (unpaired) electrons. The molecule has 0 aromatic carbocycles. The molecule has 0 atom stereocenters. The van der Waals surface area contributed by atoms with E-state index in [0.29, 0.717) is 0 Å². The van der Waals surface area contributed by atoms with Crippen molar-refractivity contribution in [1.29, 1.82) is 0 Å². The maximum Gasteiger partial charge on any atom is 0.0947 e. The molecule has 0 bridgehead atoms. The van der Waals surface area contributed by atoms with Gasteiger partial charge in [-0.3, -0.25) is 4.90 Å². The van der Waals surface area contributed by atoms with E-state index in [4.69, 9.17) is 10.8 Å². The van der Waals surface area contributed by atoms with E-state index in [0.717, 1.165) is 12.1 Å². The highest BCUT2D eigenvalue weighted by atomic mass is 16.3. The van der Waals surface area contributed by atoms with Crippen molar-refractivity contribution >= 4 is 0 Å².